The Morgan fingerprint density at radius 3 is 2.60 bits per heavy atom. The van der Waals surface area contributed by atoms with Gasteiger partial charge < -0.3 is 10.1 Å². The topological polar surface area (TPSA) is 29.1 Å². The van der Waals surface area contributed by atoms with Crippen LogP contribution in [0.5, 0.6) is 0 Å². The van der Waals surface area contributed by atoms with Crippen molar-refractivity contribution in [3.8, 4) is 12.0 Å². The highest BCUT2D eigenvalue weighted by atomic mass is 16.1. The van der Waals surface area contributed by atoms with Gasteiger partial charge in [-0.3, -0.25) is 0 Å². The second kappa shape index (κ2) is 7.87. The molecule has 0 aromatic carbocycles. The van der Waals surface area contributed by atoms with Crippen LogP contribution in [0.2, 0.25) is 0 Å². The molecular weight excluding hydrogens is 186 g/mol. The summed E-state index contributed by atoms with van der Waals surface area (Å²) in [7, 11) is 0. The van der Waals surface area contributed by atoms with E-state index in [2.05, 4.69) is 24.2 Å². The zero-order chi connectivity index (χ0) is 11.7. The Hall–Kier alpha value is -1.49. The average molecular weight is 205 g/mol. The molecule has 0 saturated heterocycles. The molecule has 0 radical (unpaired) electrons. The summed E-state index contributed by atoms with van der Waals surface area (Å²) in [5, 5.41) is 2.83. The summed E-state index contributed by atoms with van der Waals surface area (Å²) in [5.74, 6) is 2.70. The van der Waals surface area contributed by atoms with Crippen LogP contribution in [-0.2, 0) is 4.79 Å². The smallest absolute Gasteiger partial charge is 0.146 e. The van der Waals surface area contributed by atoms with Crippen LogP contribution in [0.1, 0.15) is 34.1 Å². The largest absolute Gasteiger partial charge is 0.332 e. The molecule has 1 atom stereocenters. The Labute approximate surface area is 92.4 Å². The molecule has 0 fully saturated rings. The lowest BCUT2D eigenvalue weighted by Crippen LogP contribution is -2.24. The minimum absolute atomic E-state index is 0.317. The SMILES string of the molecule is CC#CNC(C=O)/C=C(CC)/C(C)=C\C. The van der Waals surface area contributed by atoms with Crippen molar-refractivity contribution < 1.29 is 4.79 Å². The molecule has 0 amide bonds. The molecule has 82 valence electrons. The highest BCUT2D eigenvalue weighted by Gasteiger charge is 2.03. The van der Waals surface area contributed by atoms with Gasteiger partial charge in [0.25, 0.3) is 0 Å². The van der Waals surface area contributed by atoms with Crippen molar-refractivity contribution in [2.45, 2.75) is 40.2 Å². The number of rotatable bonds is 5. The number of hydrogen-bond acceptors (Lipinski definition) is 2. The first-order valence-corrected chi connectivity index (χ1v) is 5.16. The second-order valence-electron chi connectivity index (χ2n) is 3.20. The molecule has 0 aromatic rings. The van der Waals surface area contributed by atoms with E-state index in [-0.39, 0.29) is 6.04 Å². The molecule has 0 saturated carbocycles. The highest BCUT2D eigenvalue weighted by Crippen LogP contribution is 2.13. The molecular formula is C13H19NO. The van der Waals surface area contributed by atoms with Crippen molar-refractivity contribution in [1.29, 1.82) is 0 Å². The summed E-state index contributed by atoms with van der Waals surface area (Å²) >= 11 is 0. The van der Waals surface area contributed by atoms with Crippen LogP contribution in [0.15, 0.2) is 23.3 Å². The fourth-order valence-corrected chi connectivity index (χ4v) is 1.20. The van der Waals surface area contributed by atoms with Crippen LogP contribution in [0, 0.1) is 12.0 Å². The zero-order valence-electron chi connectivity index (χ0n) is 9.92. The van der Waals surface area contributed by atoms with Crippen LogP contribution >= 0.6 is 0 Å². The molecule has 1 unspecified atom stereocenters. The molecule has 1 N–H and O–H groups in total. The summed E-state index contributed by atoms with van der Waals surface area (Å²) in [6, 6.07) is 2.37. The predicted octanol–water partition coefficient (Wildman–Crippen LogP) is 2.43. The van der Waals surface area contributed by atoms with Gasteiger partial charge in [0.1, 0.15) is 12.3 Å². The fourth-order valence-electron chi connectivity index (χ4n) is 1.20. The third-order valence-corrected chi connectivity index (χ3v) is 2.21. The highest BCUT2D eigenvalue weighted by molar-refractivity contribution is 5.62. The molecule has 0 aliphatic carbocycles. The normalized spacial score (nSPS) is 13.9. The fraction of sp³-hybridized carbons (Fsp3) is 0.462. The lowest BCUT2D eigenvalue weighted by Gasteiger charge is -2.08. The summed E-state index contributed by atoms with van der Waals surface area (Å²) in [6.45, 7) is 7.85. The van der Waals surface area contributed by atoms with Gasteiger partial charge in [-0.05, 0) is 32.8 Å². The van der Waals surface area contributed by atoms with Gasteiger partial charge in [-0.2, -0.15) is 0 Å². The Morgan fingerprint density at radius 2 is 2.20 bits per heavy atom. The lowest BCUT2D eigenvalue weighted by molar-refractivity contribution is -0.108. The Kier molecular flexibility index (Phi) is 7.09. The molecule has 2 heteroatoms. The van der Waals surface area contributed by atoms with Crippen molar-refractivity contribution in [2.24, 2.45) is 0 Å². The third kappa shape index (κ3) is 5.07. The number of carbonyl (C=O) groups excluding carboxylic acids is 1. The van der Waals surface area contributed by atoms with Gasteiger partial charge in [0.2, 0.25) is 0 Å². The van der Waals surface area contributed by atoms with E-state index < -0.39 is 0 Å². The average Bonchev–Trinajstić information content (AvgIpc) is 2.28. The minimum atomic E-state index is -0.317. The molecule has 0 aromatic heterocycles. The number of carbonyl (C=O) groups is 1. The van der Waals surface area contributed by atoms with Crippen molar-refractivity contribution in [3.63, 3.8) is 0 Å². The van der Waals surface area contributed by atoms with E-state index in [1.165, 1.54) is 11.1 Å². The molecule has 0 bridgehead atoms. The second-order valence-corrected chi connectivity index (χ2v) is 3.20. The van der Waals surface area contributed by atoms with E-state index in [1.54, 1.807) is 6.92 Å². The quantitative estimate of drug-likeness (QED) is 0.323. The molecule has 0 aliphatic rings. The molecule has 2 nitrogen and oxygen atoms in total. The maximum atomic E-state index is 10.8. The number of aldehydes is 1. The van der Waals surface area contributed by atoms with Crippen LogP contribution in [0.3, 0.4) is 0 Å². The first kappa shape index (κ1) is 13.5. The molecule has 0 heterocycles. The summed E-state index contributed by atoms with van der Waals surface area (Å²) in [4.78, 5) is 10.8. The summed E-state index contributed by atoms with van der Waals surface area (Å²) in [5.41, 5.74) is 2.38. The maximum Gasteiger partial charge on any atom is 0.146 e. The van der Waals surface area contributed by atoms with E-state index in [1.807, 2.05) is 26.0 Å². The van der Waals surface area contributed by atoms with E-state index in [0.717, 1.165) is 12.7 Å². The molecule has 0 rings (SSSR count). The van der Waals surface area contributed by atoms with Gasteiger partial charge in [0.05, 0.1) is 0 Å². The van der Waals surface area contributed by atoms with Crippen LogP contribution < -0.4 is 5.32 Å². The molecule has 0 aliphatic heterocycles. The predicted molar refractivity (Wildman–Crippen MR) is 64.2 cm³/mol. The Balaban J connectivity index is 4.74. The van der Waals surface area contributed by atoms with Crippen molar-refractivity contribution in [2.75, 3.05) is 0 Å². The van der Waals surface area contributed by atoms with Crippen LogP contribution in [-0.4, -0.2) is 12.3 Å². The number of hydrogen-bond donors (Lipinski definition) is 1. The lowest BCUT2D eigenvalue weighted by atomic mass is 10.0. The van der Waals surface area contributed by atoms with Gasteiger partial charge in [-0.1, -0.05) is 30.6 Å². The van der Waals surface area contributed by atoms with E-state index in [9.17, 15) is 4.79 Å². The van der Waals surface area contributed by atoms with Crippen molar-refractivity contribution in [1.82, 2.24) is 5.32 Å². The first-order valence-electron chi connectivity index (χ1n) is 5.16. The first-order chi connectivity index (χ1) is 7.19. The number of nitrogens with one attached hydrogen (secondary N) is 1. The van der Waals surface area contributed by atoms with Crippen molar-refractivity contribution >= 4 is 6.29 Å². The maximum absolute atomic E-state index is 10.8. The molecule has 15 heavy (non-hydrogen) atoms. The Bertz CT molecular complexity index is 315. The van der Waals surface area contributed by atoms with Gasteiger partial charge >= 0.3 is 0 Å². The Morgan fingerprint density at radius 1 is 1.53 bits per heavy atom. The number of allylic oxidation sites excluding steroid dienone is 3. The molecule has 0 spiro atoms. The summed E-state index contributed by atoms with van der Waals surface area (Å²) in [6.07, 6.45) is 5.75. The van der Waals surface area contributed by atoms with Gasteiger partial charge in [-0.15, -0.1) is 0 Å². The van der Waals surface area contributed by atoms with Gasteiger partial charge in [0.15, 0.2) is 0 Å². The van der Waals surface area contributed by atoms with Crippen LogP contribution in [0.4, 0.5) is 0 Å². The zero-order valence-corrected chi connectivity index (χ0v) is 9.92. The monoisotopic (exact) mass is 205 g/mol. The van der Waals surface area contributed by atoms with Crippen LogP contribution in [0.25, 0.3) is 0 Å². The van der Waals surface area contributed by atoms with Crippen molar-refractivity contribution in [3.05, 3.63) is 23.3 Å². The van der Waals surface area contributed by atoms with E-state index >= 15 is 0 Å². The minimum Gasteiger partial charge on any atom is -0.332 e. The van der Waals surface area contributed by atoms with Gasteiger partial charge in [0, 0.05) is 6.04 Å². The third-order valence-electron chi connectivity index (χ3n) is 2.21. The summed E-state index contributed by atoms with van der Waals surface area (Å²) < 4.78 is 0. The van der Waals surface area contributed by atoms with E-state index in [0.29, 0.717) is 0 Å². The van der Waals surface area contributed by atoms with Gasteiger partial charge in [-0.25, -0.2) is 0 Å². The standard InChI is InChI=1S/C13H19NO/c1-5-8-14-13(10-15)9-12(7-3)11(4)6-2/h6,9-10,13-14H,7H2,1-4H3/b11-6-,12-9+. The van der Waals surface area contributed by atoms with E-state index in [4.69, 9.17) is 0 Å².